The predicted octanol–water partition coefficient (Wildman–Crippen LogP) is 4.60. The largest absolute Gasteiger partial charge is 0.444 e. The van der Waals surface area contributed by atoms with E-state index in [1.807, 2.05) is 56.1 Å². The Morgan fingerprint density at radius 3 is 2.44 bits per heavy atom. The maximum atomic E-state index is 13.1. The number of pyridine rings is 1. The molecule has 142 valence electrons. The van der Waals surface area contributed by atoms with E-state index in [-0.39, 0.29) is 29.9 Å². The van der Waals surface area contributed by atoms with Crippen molar-refractivity contribution in [1.29, 1.82) is 0 Å². The Morgan fingerprint density at radius 2 is 1.78 bits per heavy atom. The van der Waals surface area contributed by atoms with Gasteiger partial charge in [0.1, 0.15) is 5.60 Å². The summed E-state index contributed by atoms with van der Waals surface area (Å²) in [5.74, 6) is 0.162. The molecule has 3 heterocycles. The third-order valence-corrected chi connectivity index (χ3v) is 5.63. The van der Waals surface area contributed by atoms with Crippen LogP contribution >= 0.6 is 0 Å². The van der Waals surface area contributed by atoms with Crippen LogP contribution in [-0.2, 0) is 4.74 Å². The first-order valence-electron chi connectivity index (χ1n) is 9.71. The maximum absolute atomic E-state index is 13.1. The van der Waals surface area contributed by atoms with Gasteiger partial charge in [-0.25, -0.2) is 4.79 Å². The van der Waals surface area contributed by atoms with Gasteiger partial charge in [0.15, 0.2) is 5.78 Å². The first kappa shape index (κ1) is 18.0. The predicted molar refractivity (Wildman–Crippen MR) is 104 cm³/mol. The molecular formula is C22H26N2O3. The van der Waals surface area contributed by atoms with E-state index in [2.05, 4.69) is 4.98 Å². The zero-order chi connectivity index (χ0) is 19.2. The highest BCUT2D eigenvalue weighted by Gasteiger charge is 2.46. The van der Waals surface area contributed by atoms with Gasteiger partial charge in [-0.3, -0.25) is 9.78 Å². The Balaban J connectivity index is 1.50. The molecule has 2 bridgehead atoms. The lowest BCUT2D eigenvalue weighted by Gasteiger charge is -2.39. The second-order valence-electron chi connectivity index (χ2n) is 8.74. The highest BCUT2D eigenvalue weighted by molar-refractivity contribution is 6.01. The number of carbonyl (C=O) groups excluding carboxylic acids is 2. The number of aromatic nitrogens is 1. The van der Waals surface area contributed by atoms with Gasteiger partial charge >= 0.3 is 6.09 Å². The number of benzene rings is 1. The summed E-state index contributed by atoms with van der Waals surface area (Å²) in [6.07, 6.45) is 6.68. The summed E-state index contributed by atoms with van der Waals surface area (Å²) in [6, 6.07) is 7.96. The Hall–Kier alpha value is -2.43. The number of rotatable bonds is 2. The summed E-state index contributed by atoms with van der Waals surface area (Å²) in [6.45, 7) is 5.66. The van der Waals surface area contributed by atoms with Crippen LogP contribution in [0.2, 0.25) is 0 Å². The number of fused-ring (bicyclic) bond motifs is 3. The number of hydrogen-bond donors (Lipinski definition) is 0. The van der Waals surface area contributed by atoms with Crippen molar-refractivity contribution in [3.63, 3.8) is 0 Å². The van der Waals surface area contributed by atoms with Gasteiger partial charge < -0.3 is 9.64 Å². The molecule has 0 aliphatic carbocycles. The van der Waals surface area contributed by atoms with Crippen molar-refractivity contribution in [3.8, 4) is 0 Å². The number of ketones is 1. The van der Waals surface area contributed by atoms with Crippen LogP contribution < -0.4 is 0 Å². The quantitative estimate of drug-likeness (QED) is 0.729. The Labute approximate surface area is 159 Å². The molecule has 2 atom stereocenters. The van der Waals surface area contributed by atoms with Gasteiger partial charge in [-0.15, -0.1) is 0 Å². The van der Waals surface area contributed by atoms with Crippen LogP contribution in [0.25, 0.3) is 10.8 Å². The van der Waals surface area contributed by atoms with Crippen LogP contribution in [-0.4, -0.2) is 39.4 Å². The van der Waals surface area contributed by atoms with Crippen molar-refractivity contribution >= 4 is 22.6 Å². The Kier molecular flexibility index (Phi) is 4.41. The second kappa shape index (κ2) is 6.63. The minimum atomic E-state index is -0.497. The Bertz CT molecular complexity index is 873. The van der Waals surface area contributed by atoms with Gasteiger partial charge in [-0.1, -0.05) is 12.1 Å². The van der Waals surface area contributed by atoms with Gasteiger partial charge in [0.2, 0.25) is 0 Å². The molecule has 1 aromatic carbocycles. The van der Waals surface area contributed by atoms with E-state index in [0.717, 1.165) is 42.0 Å². The van der Waals surface area contributed by atoms with E-state index in [1.54, 1.807) is 6.20 Å². The fourth-order valence-corrected chi connectivity index (χ4v) is 4.48. The molecule has 2 aliphatic heterocycles. The smallest absolute Gasteiger partial charge is 0.410 e. The Morgan fingerprint density at radius 1 is 1.07 bits per heavy atom. The highest BCUT2D eigenvalue weighted by atomic mass is 16.6. The number of hydrogen-bond acceptors (Lipinski definition) is 4. The molecule has 5 nitrogen and oxygen atoms in total. The number of amides is 1. The highest BCUT2D eigenvalue weighted by Crippen LogP contribution is 2.40. The molecule has 2 aromatic rings. The summed E-state index contributed by atoms with van der Waals surface area (Å²) in [4.78, 5) is 31.7. The van der Waals surface area contributed by atoms with Crippen molar-refractivity contribution in [1.82, 2.24) is 9.88 Å². The standard InChI is InChI=1S/C22H26N2O3/c1-22(2,3)27-21(26)24-18-6-7-19(24)12-17(11-18)20(25)15-4-5-16-13-23-9-8-14(16)10-15/h4-5,8-10,13,17-19H,6-7,11-12H2,1-3H3. The number of ether oxygens (including phenoxy) is 1. The summed E-state index contributed by atoms with van der Waals surface area (Å²) in [7, 11) is 0. The second-order valence-corrected chi connectivity index (χ2v) is 8.74. The molecular weight excluding hydrogens is 340 g/mol. The zero-order valence-corrected chi connectivity index (χ0v) is 16.1. The van der Waals surface area contributed by atoms with Gasteiger partial charge in [0.05, 0.1) is 0 Å². The molecule has 27 heavy (non-hydrogen) atoms. The third kappa shape index (κ3) is 3.55. The first-order chi connectivity index (χ1) is 12.8. The minimum absolute atomic E-state index is 0.0273. The fourth-order valence-electron chi connectivity index (χ4n) is 4.48. The van der Waals surface area contributed by atoms with Crippen LogP contribution in [0.3, 0.4) is 0 Å². The molecule has 0 N–H and O–H groups in total. The molecule has 0 radical (unpaired) electrons. The third-order valence-electron chi connectivity index (χ3n) is 5.63. The van der Waals surface area contributed by atoms with Crippen molar-refractivity contribution < 1.29 is 14.3 Å². The zero-order valence-electron chi connectivity index (χ0n) is 16.1. The normalized spacial score (nSPS) is 24.9. The van der Waals surface area contributed by atoms with Gasteiger partial charge in [0.25, 0.3) is 0 Å². The molecule has 2 unspecified atom stereocenters. The average Bonchev–Trinajstić information content (AvgIpc) is 2.89. The lowest BCUT2D eigenvalue weighted by atomic mass is 9.84. The van der Waals surface area contributed by atoms with E-state index in [4.69, 9.17) is 4.74 Å². The fraction of sp³-hybridized carbons (Fsp3) is 0.500. The van der Waals surface area contributed by atoms with E-state index in [0.29, 0.717) is 0 Å². The summed E-state index contributed by atoms with van der Waals surface area (Å²) in [5, 5.41) is 2.07. The molecule has 0 spiro atoms. The molecule has 5 heteroatoms. The minimum Gasteiger partial charge on any atom is -0.444 e. The van der Waals surface area contributed by atoms with Crippen LogP contribution in [0, 0.1) is 5.92 Å². The lowest BCUT2D eigenvalue weighted by molar-refractivity contribution is 0.00254. The summed E-state index contributed by atoms with van der Waals surface area (Å²) < 4.78 is 5.58. The van der Waals surface area contributed by atoms with Gasteiger partial charge in [-0.2, -0.15) is 0 Å². The van der Waals surface area contributed by atoms with E-state index in [1.165, 1.54) is 0 Å². The monoisotopic (exact) mass is 366 g/mol. The number of piperidine rings is 1. The summed E-state index contributed by atoms with van der Waals surface area (Å²) in [5.41, 5.74) is 0.257. The van der Waals surface area contributed by atoms with Crippen molar-refractivity contribution in [2.24, 2.45) is 5.92 Å². The molecule has 1 amide bonds. The van der Waals surface area contributed by atoms with Crippen LogP contribution in [0.15, 0.2) is 36.7 Å². The topological polar surface area (TPSA) is 59.5 Å². The molecule has 1 aromatic heterocycles. The van der Waals surface area contributed by atoms with Crippen LogP contribution in [0.4, 0.5) is 4.79 Å². The molecule has 0 saturated carbocycles. The van der Waals surface area contributed by atoms with Gasteiger partial charge in [0, 0.05) is 41.3 Å². The number of carbonyl (C=O) groups is 2. The maximum Gasteiger partial charge on any atom is 0.410 e. The lowest BCUT2D eigenvalue weighted by Crippen LogP contribution is -2.49. The van der Waals surface area contributed by atoms with E-state index < -0.39 is 5.60 Å². The van der Waals surface area contributed by atoms with Crippen molar-refractivity contribution in [3.05, 3.63) is 42.2 Å². The molecule has 4 rings (SSSR count). The molecule has 2 aliphatic rings. The SMILES string of the molecule is CC(C)(C)OC(=O)N1C2CCC1CC(C(=O)c1ccc3cnccc3c1)C2. The van der Waals surface area contributed by atoms with Gasteiger partial charge in [-0.05, 0) is 64.0 Å². The van der Waals surface area contributed by atoms with Crippen LogP contribution in [0.5, 0.6) is 0 Å². The number of nitrogens with zero attached hydrogens (tertiary/aromatic N) is 2. The number of Topliss-reactive ketones (excluding diaryl/α,β-unsaturated/α-hetero) is 1. The van der Waals surface area contributed by atoms with Crippen molar-refractivity contribution in [2.75, 3.05) is 0 Å². The van der Waals surface area contributed by atoms with E-state index in [9.17, 15) is 9.59 Å². The van der Waals surface area contributed by atoms with Crippen molar-refractivity contribution in [2.45, 2.75) is 64.1 Å². The summed E-state index contributed by atoms with van der Waals surface area (Å²) >= 11 is 0. The average molecular weight is 366 g/mol. The van der Waals surface area contributed by atoms with Crippen LogP contribution in [0.1, 0.15) is 56.8 Å². The van der Waals surface area contributed by atoms with E-state index >= 15 is 0 Å². The molecule has 2 saturated heterocycles. The first-order valence-corrected chi connectivity index (χ1v) is 9.71. The molecule has 2 fully saturated rings.